The Bertz CT molecular complexity index is 947. The molecule has 0 spiro atoms. The normalized spacial score (nSPS) is 19.4. The molecule has 0 saturated carbocycles. The van der Waals surface area contributed by atoms with E-state index in [1.54, 1.807) is 18.9 Å². The van der Waals surface area contributed by atoms with Crippen LogP contribution >= 0.6 is 23.4 Å². The Balaban J connectivity index is 1.61. The second-order valence-electron chi connectivity index (χ2n) is 6.80. The summed E-state index contributed by atoms with van der Waals surface area (Å²) in [4.78, 5) is 11.4. The first kappa shape index (κ1) is 19.9. The minimum absolute atomic E-state index is 0.00204. The van der Waals surface area contributed by atoms with Crippen molar-refractivity contribution in [1.82, 2.24) is 0 Å². The second kappa shape index (κ2) is 8.55. The fourth-order valence-electron chi connectivity index (χ4n) is 3.50. The summed E-state index contributed by atoms with van der Waals surface area (Å²) in [6.45, 7) is -0.00204. The highest BCUT2D eigenvalue weighted by atomic mass is 35.5. The molecular weight excluding hydrogens is 414 g/mol. The third-order valence-electron chi connectivity index (χ3n) is 4.91. The number of thioether (sulfide) groups is 1. The van der Waals surface area contributed by atoms with E-state index in [1.807, 2.05) is 42.5 Å². The number of nitro groups is 1. The molecule has 4 rings (SSSR count). The second-order valence-corrected chi connectivity index (χ2v) is 8.37. The van der Waals surface area contributed by atoms with Crippen molar-refractivity contribution in [2.45, 2.75) is 25.0 Å². The molecule has 2 aromatic carbocycles. The molecule has 2 unspecified atom stereocenters. The van der Waals surface area contributed by atoms with Crippen LogP contribution in [0.25, 0.3) is 5.76 Å². The predicted octanol–water partition coefficient (Wildman–Crippen LogP) is 5.34. The van der Waals surface area contributed by atoms with Crippen molar-refractivity contribution < 1.29 is 19.1 Å². The molecule has 0 saturated heterocycles. The van der Waals surface area contributed by atoms with Crippen molar-refractivity contribution >= 4 is 29.1 Å². The van der Waals surface area contributed by atoms with Crippen molar-refractivity contribution in [3.63, 3.8) is 0 Å². The largest absolute Gasteiger partial charge is 0.497 e. The van der Waals surface area contributed by atoms with Gasteiger partial charge >= 0.3 is 0 Å². The van der Waals surface area contributed by atoms with Gasteiger partial charge in [0.15, 0.2) is 0 Å². The minimum Gasteiger partial charge on any atom is -0.497 e. The van der Waals surface area contributed by atoms with Gasteiger partial charge in [0.25, 0.3) is 6.29 Å². The Hall–Kier alpha value is -2.38. The first-order valence-corrected chi connectivity index (χ1v) is 10.7. The molecule has 2 aliphatic rings. The van der Waals surface area contributed by atoms with Gasteiger partial charge in [0.2, 0.25) is 6.54 Å². The molecule has 2 aromatic rings. The highest BCUT2D eigenvalue weighted by molar-refractivity contribution is 8.03. The third-order valence-corrected chi connectivity index (χ3v) is 6.41. The summed E-state index contributed by atoms with van der Waals surface area (Å²) in [6, 6.07) is 13.3. The summed E-state index contributed by atoms with van der Waals surface area (Å²) in [6.07, 6.45) is 0.892. The Morgan fingerprint density at radius 3 is 2.69 bits per heavy atom. The van der Waals surface area contributed by atoms with Crippen molar-refractivity contribution in [3.8, 4) is 11.5 Å². The quantitative estimate of drug-likeness (QED) is 0.318. The molecule has 0 radical (unpaired) electrons. The van der Waals surface area contributed by atoms with Crippen LogP contribution in [0.2, 0.25) is 5.02 Å². The summed E-state index contributed by atoms with van der Waals surface area (Å²) in [5.41, 5.74) is 2.00. The number of benzene rings is 2. The van der Waals surface area contributed by atoms with Crippen LogP contribution in [0.5, 0.6) is 11.5 Å². The molecule has 6 nitrogen and oxygen atoms in total. The molecule has 0 aromatic heterocycles. The van der Waals surface area contributed by atoms with E-state index in [2.05, 4.69) is 0 Å². The molecule has 0 N–H and O–H groups in total. The van der Waals surface area contributed by atoms with E-state index in [4.69, 9.17) is 25.8 Å². The molecule has 29 heavy (non-hydrogen) atoms. The van der Waals surface area contributed by atoms with Crippen molar-refractivity contribution in [2.24, 2.45) is 0 Å². The fourth-order valence-corrected chi connectivity index (χ4v) is 4.91. The van der Waals surface area contributed by atoms with Crippen LogP contribution in [0.1, 0.15) is 29.9 Å². The molecule has 2 atom stereocenters. The van der Waals surface area contributed by atoms with Gasteiger partial charge in [-0.1, -0.05) is 17.7 Å². The zero-order valence-corrected chi connectivity index (χ0v) is 17.4. The fraction of sp³-hybridized carbons (Fsp3) is 0.333. The maximum absolute atomic E-state index is 10.6. The average Bonchev–Trinajstić information content (AvgIpc) is 3.23. The van der Waals surface area contributed by atoms with Gasteiger partial charge in [0.1, 0.15) is 17.3 Å². The van der Waals surface area contributed by atoms with E-state index in [0.29, 0.717) is 11.4 Å². The molecular formula is C21H20ClNO5S. The van der Waals surface area contributed by atoms with E-state index < -0.39 is 6.29 Å². The van der Waals surface area contributed by atoms with Crippen LogP contribution in [-0.4, -0.2) is 30.6 Å². The number of halogens is 1. The number of nitrogens with zero attached hydrogens (tertiary/aromatic N) is 1. The summed E-state index contributed by atoms with van der Waals surface area (Å²) >= 11 is 7.72. The van der Waals surface area contributed by atoms with Crippen LogP contribution < -0.4 is 9.47 Å². The van der Waals surface area contributed by atoms with Crippen LogP contribution in [0.3, 0.4) is 0 Å². The standard InChI is InChI=1S/C21H20ClNO5S/c1-26-15-8-9-16-17(12-15)27-21-18(16)20(29-11-3-2-10-23(24)25)19(28-21)13-4-6-14(22)7-5-13/h4-9,12,18,21H,2-3,10-11H2,1H3. The molecule has 0 aliphatic carbocycles. The zero-order valence-electron chi connectivity index (χ0n) is 15.8. The smallest absolute Gasteiger partial charge is 0.252 e. The number of ether oxygens (including phenoxy) is 3. The van der Waals surface area contributed by atoms with Crippen molar-refractivity contribution in [2.75, 3.05) is 19.4 Å². The van der Waals surface area contributed by atoms with E-state index in [-0.39, 0.29) is 17.4 Å². The maximum Gasteiger partial charge on any atom is 0.252 e. The van der Waals surface area contributed by atoms with Gasteiger partial charge in [0, 0.05) is 38.5 Å². The lowest BCUT2D eigenvalue weighted by atomic mass is 9.99. The van der Waals surface area contributed by atoms with Gasteiger partial charge in [-0.05, 0) is 42.5 Å². The van der Waals surface area contributed by atoms with Crippen molar-refractivity contribution in [1.29, 1.82) is 0 Å². The van der Waals surface area contributed by atoms with E-state index in [9.17, 15) is 10.1 Å². The lowest BCUT2D eigenvalue weighted by Gasteiger charge is -2.12. The van der Waals surface area contributed by atoms with Crippen LogP contribution in [0.4, 0.5) is 0 Å². The van der Waals surface area contributed by atoms with Crippen molar-refractivity contribution in [3.05, 3.63) is 73.6 Å². The van der Waals surface area contributed by atoms with Crippen LogP contribution in [0.15, 0.2) is 47.4 Å². The van der Waals surface area contributed by atoms with Gasteiger partial charge in [-0.15, -0.1) is 11.8 Å². The Kier molecular flexibility index (Phi) is 5.87. The van der Waals surface area contributed by atoms with Gasteiger partial charge < -0.3 is 14.2 Å². The first-order valence-electron chi connectivity index (χ1n) is 9.33. The van der Waals surface area contributed by atoms with Crippen LogP contribution in [0, 0.1) is 10.1 Å². The number of rotatable bonds is 8. The van der Waals surface area contributed by atoms with Gasteiger partial charge in [-0.25, -0.2) is 0 Å². The highest BCUT2D eigenvalue weighted by Crippen LogP contribution is 2.55. The molecule has 2 aliphatic heterocycles. The minimum atomic E-state index is -0.427. The SMILES string of the molecule is COc1ccc2c(c1)OC1OC(c3ccc(Cl)cc3)=C(SCCCC[N+](=O)[O-])C21. The maximum atomic E-state index is 10.6. The number of methoxy groups -OCH3 is 1. The molecule has 2 heterocycles. The molecule has 0 amide bonds. The van der Waals surface area contributed by atoms with Crippen LogP contribution in [-0.2, 0) is 4.74 Å². The monoisotopic (exact) mass is 433 g/mol. The first-order chi connectivity index (χ1) is 14.1. The third kappa shape index (κ3) is 4.16. The zero-order chi connectivity index (χ0) is 20.4. The topological polar surface area (TPSA) is 70.8 Å². The number of hydrogen-bond donors (Lipinski definition) is 0. The summed E-state index contributed by atoms with van der Waals surface area (Å²) in [5.74, 6) is 3.04. The lowest BCUT2D eigenvalue weighted by molar-refractivity contribution is -0.480. The molecule has 152 valence electrons. The van der Waals surface area contributed by atoms with Gasteiger partial charge in [-0.3, -0.25) is 10.1 Å². The summed E-state index contributed by atoms with van der Waals surface area (Å²) < 4.78 is 17.6. The predicted molar refractivity (Wildman–Crippen MR) is 113 cm³/mol. The summed E-state index contributed by atoms with van der Waals surface area (Å²) in [5, 5.41) is 11.2. The Morgan fingerprint density at radius 1 is 1.17 bits per heavy atom. The lowest BCUT2D eigenvalue weighted by Crippen LogP contribution is -2.16. The Morgan fingerprint density at radius 2 is 1.97 bits per heavy atom. The van der Waals surface area contributed by atoms with Gasteiger partial charge in [0.05, 0.1) is 13.0 Å². The molecule has 0 fully saturated rings. The van der Waals surface area contributed by atoms with E-state index in [1.165, 1.54) is 0 Å². The van der Waals surface area contributed by atoms with E-state index in [0.717, 1.165) is 45.5 Å². The Labute approximate surface area is 177 Å². The highest BCUT2D eigenvalue weighted by Gasteiger charge is 2.46. The summed E-state index contributed by atoms with van der Waals surface area (Å²) in [7, 11) is 1.62. The van der Waals surface area contributed by atoms with E-state index >= 15 is 0 Å². The molecule has 8 heteroatoms. The average molecular weight is 434 g/mol. The number of unbranched alkanes of at least 4 members (excludes halogenated alkanes) is 1. The number of hydrogen-bond acceptors (Lipinski definition) is 6. The van der Waals surface area contributed by atoms with Gasteiger partial charge in [-0.2, -0.15) is 0 Å². The molecule has 0 bridgehead atoms. The number of fused-ring (bicyclic) bond motifs is 3.